The molecule has 0 bridgehead atoms. The van der Waals surface area contributed by atoms with Crippen molar-refractivity contribution in [2.24, 2.45) is 0 Å². The quantitative estimate of drug-likeness (QED) is 0.322. The highest BCUT2D eigenvalue weighted by Gasteiger charge is 2.27. The third-order valence-corrected chi connectivity index (χ3v) is 6.32. The van der Waals surface area contributed by atoms with E-state index in [-0.39, 0.29) is 5.82 Å². The number of hydrogen-bond donors (Lipinski definition) is 1. The van der Waals surface area contributed by atoms with Gasteiger partial charge in [-0.1, -0.05) is 48.2 Å². The van der Waals surface area contributed by atoms with E-state index >= 15 is 0 Å². The topological polar surface area (TPSA) is 78.4 Å². The molecule has 4 aromatic rings. The summed E-state index contributed by atoms with van der Waals surface area (Å²) in [6, 6.07) is 20.0. The summed E-state index contributed by atoms with van der Waals surface area (Å²) in [7, 11) is 1.60. The molecular formula is C26H23FN4O3S. The minimum absolute atomic E-state index is 0.262. The number of thioether (sulfide) groups is 1. The van der Waals surface area contributed by atoms with Gasteiger partial charge in [0.25, 0.3) is 0 Å². The van der Waals surface area contributed by atoms with Crippen LogP contribution in [0.25, 0.3) is 11.3 Å². The van der Waals surface area contributed by atoms with Crippen molar-refractivity contribution in [3.63, 3.8) is 0 Å². The Morgan fingerprint density at radius 1 is 1.03 bits per heavy atom. The molecule has 1 N–H and O–H groups in total. The molecule has 7 nitrogen and oxygen atoms in total. The third-order valence-electron chi connectivity index (χ3n) is 5.44. The standard InChI is InChI=1S/C26H23FN4O3S/c1-3-33-21-13-12-16(14-22(21)32-2)24-28-20-11-7-5-9-18(20)23-25(34-24)29-26(31-30-23)35-15-17-8-4-6-10-19(17)27/h4-14,24,28H,3,15H2,1-2H3. The molecule has 0 saturated heterocycles. The number of nitrogens with zero attached hydrogens (tertiary/aromatic N) is 3. The number of ether oxygens (including phenoxy) is 3. The second-order valence-corrected chi connectivity index (χ2v) is 8.60. The molecule has 1 atom stereocenters. The molecule has 3 aromatic carbocycles. The molecular weight excluding hydrogens is 467 g/mol. The summed E-state index contributed by atoms with van der Waals surface area (Å²) in [4.78, 5) is 4.63. The molecule has 0 spiro atoms. The predicted octanol–water partition coefficient (Wildman–Crippen LogP) is 5.88. The SMILES string of the molecule is CCOc1ccc(C2Nc3ccccc3-c3nnc(SCc4ccccc4F)nc3O2)cc1OC. The average molecular weight is 491 g/mol. The van der Waals surface area contributed by atoms with Gasteiger partial charge in [0.2, 0.25) is 11.0 Å². The Bertz CT molecular complexity index is 1350. The van der Waals surface area contributed by atoms with E-state index in [9.17, 15) is 4.39 Å². The summed E-state index contributed by atoms with van der Waals surface area (Å²) < 4.78 is 31.5. The summed E-state index contributed by atoms with van der Waals surface area (Å²) in [6.07, 6.45) is -0.567. The number of nitrogens with one attached hydrogen (secondary N) is 1. The highest BCUT2D eigenvalue weighted by atomic mass is 32.2. The number of methoxy groups -OCH3 is 1. The van der Waals surface area contributed by atoms with Gasteiger partial charge < -0.3 is 19.5 Å². The van der Waals surface area contributed by atoms with Crippen molar-refractivity contribution in [2.45, 2.75) is 24.1 Å². The molecule has 9 heteroatoms. The van der Waals surface area contributed by atoms with Crippen LogP contribution in [0.2, 0.25) is 0 Å². The van der Waals surface area contributed by atoms with Crippen LogP contribution in [-0.4, -0.2) is 28.9 Å². The lowest BCUT2D eigenvalue weighted by atomic mass is 10.1. The van der Waals surface area contributed by atoms with Crippen molar-refractivity contribution < 1.29 is 18.6 Å². The molecule has 35 heavy (non-hydrogen) atoms. The molecule has 0 amide bonds. The lowest BCUT2D eigenvalue weighted by molar-refractivity contribution is 0.224. The highest BCUT2D eigenvalue weighted by Crippen LogP contribution is 2.41. The first-order chi connectivity index (χ1) is 17.2. The summed E-state index contributed by atoms with van der Waals surface area (Å²) in [5.74, 6) is 1.72. The van der Waals surface area contributed by atoms with Crippen LogP contribution in [0.4, 0.5) is 10.1 Å². The van der Waals surface area contributed by atoms with Gasteiger partial charge >= 0.3 is 0 Å². The number of fused-ring (bicyclic) bond motifs is 3. The Hall–Kier alpha value is -3.85. The molecule has 1 aliphatic heterocycles. The molecule has 1 aliphatic rings. The monoisotopic (exact) mass is 490 g/mol. The summed E-state index contributed by atoms with van der Waals surface area (Å²) >= 11 is 1.30. The number of rotatable bonds is 7. The van der Waals surface area contributed by atoms with Crippen LogP contribution in [0.3, 0.4) is 0 Å². The summed E-state index contributed by atoms with van der Waals surface area (Å²) in [5, 5.41) is 12.5. The second-order valence-electron chi connectivity index (χ2n) is 7.66. The van der Waals surface area contributed by atoms with Gasteiger partial charge in [-0.3, -0.25) is 0 Å². The van der Waals surface area contributed by atoms with Gasteiger partial charge in [0.05, 0.1) is 13.7 Å². The molecule has 1 unspecified atom stereocenters. The largest absolute Gasteiger partial charge is 0.493 e. The smallest absolute Gasteiger partial charge is 0.247 e. The fourth-order valence-corrected chi connectivity index (χ4v) is 4.50. The number of halogens is 1. The maximum Gasteiger partial charge on any atom is 0.247 e. The normalized spacial score (nSPS) is 14.1. The summed E-state index contributed by atoms with van der Waals surface area (Å²) in [6.45, 7) is 2.45. The van der Waals surface area contributed by atoms with Gasteiger partial charge in [-0.15, -0.1) is 10.2 Å². The third kappa shape index (κ3) is 4.85. The Labute approximate surface area is 206 Å². The molecule has 2 heterocycles. The first-order valence-electron chi connectivity index (χ1n) is 11.1. The Morgan fingerprint density at radius 3 is 2.69 bits per heavy atom. The number of aromatic nitrogens is 3. The van der Waals surface area contributed by atoms with Crippen molar-refractivity contribution in [1.29, 1.82) is 0 Å². The molecule has 5 rings (SSSR count). The number of benzene rings is 3. The van der Waals surface area contributed by atoms with Crippen LogP contribution in [0, 0.1) is 5.82 Å². The van der Waals surface area contributed by atoms with Crippen LogP contribution >= 0.6 is 11.8 Å². The van der Waals surface area contributed by atoms with E-state index in [0.29, 0.717) is 46.2 Å². The second kappa shape index (κ2) is 10.2. The van der Waals surface area contributed by atoms with E-state index in [2.05, 4.69) is 20.5 Å². The number of anilines is 1. The van der Waals surface area contributed by atoms with Crippen LogP contribution in [0.1, 0.15) is 24.3 Å². The fraction of sp³-hybridized carbons (Fsp3) is 0.192. The van der Waals surface area contributed by atoms with Gasteiger partial charge in [0.1, 0.15) is 5.82 Å². The van der Waals surface area contributed by atoms with Crippen molar-refractivity contribution in [1.82, 2.24) is 15.2 Å². The average Bonchev–Trinajstić information content (AvgIpc) is 3.05. The minimum Gasteiger partial charge on any atom is -0.493 e. The molecule has 0 aliphatic carbocycles. The van der Waals surface area contributed by atoms with E-state index < -0.39 is 6.23 Å². The zero-order valence-electron chi connectivity index (χ0n) is 19.2. The summed E-state index contributed by atoms with van der Waals surface area (Å²) in [5.41, 5.74) is 3.60. The maximum atomic E-state index is 14.0. The molecule has 0 saturated carbocycles. The minimum atomic E-state index is -0.567. The van der Waals surface area contributed by atoms with Crippen LogP contribution in [0.5, 0.6) is 17.4 Å². The zero-order chi connectivity index (χ0) is 24.2. The molecule has 0 fully saturated rings. The van der Waals surface area contributed by atoms with E-state index in [1.165, 1.54) is 17.8 Å². The van der Waals surface area contributed by atoms with Crippen molar-refractivity contribution in [3.05, 3.63) is 83.7 Å². The van der Waals surface area contributed by atoms with E-state index in [4.69, 9.17) is 14.2 Å². The Balaban J connectivity index is 1.49. The first-order valence-corrected chi connectivity index (χ1v) is 12.1. The Kier molecular flexibility index (Phi) is 6.67. The fourth-order valence-electron chi connectivity index (χ4n) is 3.74. The van der Waals surface area contributed by atoms with Crippen LogP contribution < -0.4 is 19.5 Å². The lowest BCUT2D eigenvalue weighted by Crippen LogP contribution is -2.17. The van der Waals surface area contributed by atoms with Crippen LogP contribution in [-0.2, 0) is 5.75 Å². The number of hydrogen-bond acceptors (Lipinski definition) is 8. The van der Waals surface area contributed by atoms with Crippen LogP contribution in [0.15, 0.2) is 71.9 Å². The first kappa shape index (κ1) is 22.9. The van der Waals surface area contributed by atoms with E-state index in [1.807, 2.05) is 49.4 Å². The maximum absolute atomic E-state index is 14.0. The number of para-hydroxylation sites is 1. The van der Waals surface area contributed by atoms with E-state index in [1.54, 1.807) is 25.3 Å². The predicted molar refractivity (Wildman–Crippen MR) is 132 cm³/mol. The van der Waals surface area contributed by atoms with Gasteiger partial charge in [-0.2, -0.15) is 4.98 Å². The van der Waals surface area contributed by atoms with Gasteiger partial charge in [-0.25, -0.2) is 4.39 Å². The van der Waals surface area contributed by atoms with E-state index in [0.717, 1.165) is 16.8 Å². The Morgan fingerprint density at radius 2 is 1.86 bits per heavy atom. The van der Waals surface area contributed by atoms with Crippen molar-refractivity contribution in [3.8, 4) is 28.6 Å². The highest BCUT2D eigenvalue weighted by molar-refractivity contribution is 7.98. The molecule has 178 valence electrons. The lowest BCUT2D eigenvalue weighted by Gasteiger charge is -2.20. The van der Waals surface area contributed by atoms with Crippen molar-refractivity contribution >= 4 is 17.4 Å². The molecule has 1 aromatic heterocycles. The zero-order valence-corrected chi connectivity index (χ0v) is 20.0. The van der Waals surface area contributed by atoms with Crippen molar-refractivity contribution in [2.75, 3.05) is 19.0 Å². The van der Waals surface area contributed by atoms with Gasteiger partial charge in [0.15, 0.2) is 23.4 Å². The van der Waals surface area contributed by atoms with Gasteiger partial charge in [-0.05, 0) is 42.8 Å². The molecule has 0 radical (unpaired) electrons. The van der Waals surface area contributed by atoms with Gasteiger partial charge in [0, 0.05) is 22.6 Å².